The average molecular weight is 861 g/mol. The van der Waals surface area contributed by atoms with Gasteiger partial charge >= 0.3 is 31.3 Å². The van der Waals surface area contributed by atoms with Crippen molar-refractivity contribution in [2.24, 2.45) is 4.99 Å². The number of nitrogens with two attached hydrogens (primary N) is 1. The van der Waals surface area contributed by atoms with E-state index in [9.17, 15) is 42.8 Å². The number of rotatable bonds is 11. The SMILES string of the molecule is CC1(C)C2=C(Cl)C(=O)C(Cl)=CC2=Nc2ccc([C@]3(n4cnc5c(N)ncnc54)C[C@H](O)[C@@H](COP(=O)(O)OP(=O)(O)OP(=O)(O)OP(=O)(O)O)O3)cc21. The van der Waals surface area contributed by atoms with Gasteiger partial charge in [0.1, 0.15) is 17.9 Å². The lowest BCUT2D eigenvalue weighted by Crippen LogP contribution is -2.37. The largest absolute Gasteiger partial charge is 0.490 e. The van der Waals surface area contributed by atoms with Crippen molar-refractivity contribution in [1.29, 1.82) is 0 Å². The fourth-order valence-corrected chi connectivity index (χ4v) is 11.2. The summed E-state index contributed by atoms with van der Waals surface area (Å²) in [5.41, 5.74) is 5.70. The van der Waals surface area contributed by atoms with Crippen molar-refractivity contribution in [2.75, 3.05) is 12.3 Å². The molecular formula is C25H26Cl2N6O16P4. The van der Waals surface area contributed by atoms with Gasteiger partial charge in [-0.3, -0.25) is 13.9 Å². The van der Waals surface area contributed by atoms with E-state index >= 15 is 0 Å². The zero-order valence-corrected chi connectivity index (χ0v) is 31.7. The van der Waals surface area contributed by atoms with Crippen LogP contribution in [0.1, 0.15) is 31.4 Å². The molecule has 0 saturated carbocycles. The monoisotopic (exact) mass is 860 g/mol. The van der Waals surface area contributed by atoms with Crippen LogP contribution in [0.3, 0.4) is 0 Å². The van der Waals surface area contributed by atoms with Crippen LogP contribution in [-0.4, -0.2) is 79.4 Å². The number of halogens is 2. The highest BCUT2D eigenvalue weighted by molar-refractivity contribution is 7.69. The second-order valence-corrected chi connectivity index (χ2v) is 18.9. The standard InChI is InChI=1S/C25H26Cl2N6O16P4/c1-24(2)12-5-11(3-4-14(12)32-15-6-13(26)21(35)19(27)18(15)24)25(33-10-31-20-22(28)29-9-30-23(20)33)7-16(34)17(46-25)8-45-51(39,40)48-53(43,44)49-52(41,42)47-50(36,37)38/h3-6,9-10,16-17,34H,7-8H2,1-2H3,(H,39,40)(H,41,42)(H,43,44)(H2,28,29,30)(H2,36,37,38)/t16-,17+,25-/m0/s1. The number of aromatic nitrogens is 4. The number of nitrogens with zero attached hydrogens (tertiary/aromatic N) is 5. The molecule has 4 heterocycles. The fourth-order valence-electron chi connectivity index (χ4n) is 6.06. The van der Waals surface area contributed by atoms with Crippen LogP contribution < -0.4 is 5.73 Å². The Bertz CT molecular complexity index is 2360. The first kappa shape index (κ1) is 40.1. The molecule has 1 saturated heterocycles. The van der Waals surface area contributed by atoms with Gasteiger partial charge in [0.05, 0.1) is 40.5 Å². The summed E-state index contributed by atoms with van der Waals surface area (Å²) in [4.78, 5) is 76.5. The molecule has 1 aromatic carbocycles. The molecule has 6 rings (SSSR count). The lowest BCUT2D eigenvalue weighted by Gasteiger charge is -2.38. The van der Waals surface area contributed by atoms with Crippen molar-refractivity contribution in [2.45, 2.75) is 43.6 Å². The number of aliphatic imine (C=N–C) groups is 1. The molecule has 0 amide bonds. The van der Waals surface area contributed by atoms with E-state index in [4.69, 9.17) is 48.0 Å². The minimum absolute atomic E-state index is 0.00123. The summed E-state index contributed by atoms with van der Waals surface area (Å²) in [7, 11) is -23.6. The Morgan fingerprint density at radius 1 is 1.00 bits per heavy atom. The van der Waals surface area contributed by atoms with E-state index in [1.165, 1.54) is 17.0 Å². The van der Waals surface area contributed by atoms with Gasteiger partial charge in [-0.05, 0) is 23.8 Å². The fraction of sp³-hybridized carbons (Fsp3) is 0.320. The van der Waals surface area contributed by atoms with Crippen LogP contribution in [0.5, 0.6) is 0 Å². The van der Waals surface area contributed by atoms with E-state index in [2.05, 4.69) is 32.9 Å². The van der Waals surface area contributed by atoms with E-state index in [0.29, 0.717) is 28.1 Å². The van der Waals surface area contributed by atoms with Crippen molar-refractivity contribution < 1.29 is 74.8 Å². The Labute approximate surface area is 306 Å². The number of ether oxygens (including phenoxy) is 1. The number of hydrogen-bond acceptors (Lipinski definition) is 16. The van der Waals surface area contributed by atoms with Gasteiger partial charge in [-0.15, -0.1) is 0 Å². The summed E-state index contributed by atoms with van der Waals surface area (Å²) < 4.78 is 70.9. The quantitative estimate of drug-likeness (QED) is 0.107. The molecule has 286 valence electrons. The van der Waals surface area contributed by atoms with E-state index in [1.54, 1.807) is 32.0 Å². The second kappa shape index (κ2) is 13.6. The second-order valence-electron chi connectivity index (χ2n) is 12.1. The maximum atomic E-state index is 12.7. The van der Waals surface area contributed by atoms with Crippen LogP contribution in [0.2, 0.25) is 0 Å². The van der Waals surface area contributed by atoms with Crippen LogP contribution in [-0.2, 0) is 56.4 Å². The molecule has 3 unspecified atom stereocenters. The third-order valence-corrected chi connectivity index (χ3v) is 14.3. The molecule has 28 heteroatoms. The molecule has 3 aromatic rings. The predicted molar refractivity (Wildman–Crippen MR) is 181 cm³/mol. The van der Waals surface area contributed by atoms with Crippen LogP contribution in [0, 0.1) is 0 Å². The van der Waals surface area contributed by atoms with Crippen molar-refractivity contribution in [3.05, 3.63) is 63.7 Å². The number of Topliss-reactive ketones (excluding diaryl/α,β-unsaturated/α-hetero) is 1. The Kier molecular flexibility index (Phi) is 10.3. The van der Waals surface area contributed by atoms with Gasteiger partial charge in [-0.25, -0.2) is 38.2 Å². The number of ketones is 1. The minimum atomic E-state index is -6.11. The number of nitrogen functional groups attached to an aromatic ring is 1. The van der Waals surface area contributed by atoms with Gasteiger partial charge < -0.3 is 40.0 Å². The Hall–Kier alpha value is -2.55. The van der Waals surface area contributed by atoms with Gasteiger partial charge in [-0.1, -0.05) is 43.1 Å². The maximum Gasteiger partial charge on any atom is 0.490 e. The molecule has 2 aliphatic heterocycles. The first-order valence-corrected chi connectivity index (χ1v) is 21.3. The highest BCUT2D eigenvalue weighted by Gasteiger charge is 2.52. The molecule has 6 atom stereocenters. The number of fused-ring (bicyclic) bond motifs is 3. The van der Waals surface area contributed by atoms with Gasteiger partial charge in [0.2, 0.25) is 5.78 Å². The van der Waals surface area contributed by atoms with Gasteiger partial charge in [-0.2, -0.15) is 12.9 Å². The number of allylic oxidation sites excluding steroid dienone is 4. The molecule has 1 fully saturated rings. The van der Waals surface area contributed by atoms with Crippen LogP contribution in [0.25, 0.3) is 11.2 Å². The molecule has 3 aliphatic rings. The normalized spacial score (nSPS) is 26.3. The van der Waals surface area contributed by atoms with Crippen molar-refractivity contribution >= 4 is 88.7 Å². The highest BCUT2D eigenvalue weighted by Crippen LogP contribution is 2.70. The summed E-state index contributed by atoms with van der Waals surface area (Å²) in [6, 6.07) is 4.92. The number of anilines is 1. The molecule has 0 radical (unpaired) electrons. The smallest absolute Gasteiger partial charge is 0.390 e. The summed E-state index contributed by atoms with van der Waals surface area (Å²) in [6.45, 7) is 2.55. The molecule has 8 N–H and O–H groups in total. The van der Waals surface area contributed by atoms with Crippen molar-refractivity contribution in [3.63, 3.8) is 0 Å². The van der Waals surface area contributed by atoms with E-state index in [0.717, 1.165) is 6.33 Å². The Morgan fingerprint density at radius 3 is 2.34 bits per heavy atom. The zero-order chi connectivity index (χ0) is 39.1. The van der Waals surface area contributed by atoms with Crippen LogP contribution in [0.4, 0.5) is 11.5 Å². The molecular weight excluding hydrogens is 835 g/mol. The number of phosphoric ester groups is 1. The minimum Gasteiger partial charge on any atom is -0.390 e. The highest BCUT2D eigenvalue weighted by atomic mass is 35.5. The third kappa shape index (κ3) is 7.80. The van der Waals surface area contributed by atoms with Gasteiger partial charge in [0.15, 0.2) is 17.2 Å². The number of imidazole rings is 1. The first-order valence-electron chi connectivity index (χ1n) is 14.5. The maximum absolute atomic E-state index is 12.7. The van der Waals surface area contributed by atoms with Crippen LogP contribution in [0.15, 0.2) is 57.6 Å². The zero-order valence-electron chi connectivity index (χ0n) is 26.7. The molecule has 53 heavy (non-hydrogen) atoms. The predicted octanol–water partition coefficient (Wildman–Crippen LogP) is 3.28. The average Bonchev–Trinajstić information content (AvgIpc) is 3.59. The summed E-state index contributed by atoms with van der Waals surface area (Å²) >= 11 is 12.6. The van der Waals surface area contributed by atoms with Crippen LogP contribution >= 0.6 is 54.5 Å². The topological polar surface area (TPSA) is 335 Å². The number of phosphoric acid groups is 4. The van der Waals surface area contributed by atoms with E-state index in [1.807, 2.05) is 0 Å². The number of carbonyl (C=O) groups is 1. The summed E-state index contributed by atoms with van der Waals surface area (Å²) in [6.07, 6.45) is 0.469. The molecule has 0 spiro atoms. The van der Waals surface area contributed by atoms with Gasteiger partial charge in [0, 0.05) is 23.0 Å². The van der Waals surface area contributed by atoms with Crippen molar-refractivity contribution in [1.82, 2.24) is 19.5 Å². The molecule has 22 nitrogen and oxygen atoms in total. The summed E-state index contributed by atoms with van der Waals surface area (Å²) in [5.74, 6) is -0.591. The Morgan fingerprint density at radius 2 is 1.66 bits per heavy atom. The third-order valence-electron chi connectivity index (χ3n) is 8.18. The summed E-state index contributed by atoms with van der Waals surface area (Å²) in [5, 5.41) is 11.0. The number of carbonyl (C=O) groups excluding carboxylic acids is 1. The molecule has 2 aromatic heterocycles. The first-order chi connectivity index (χ1) is 24.3. The molecule has 1 aliphatic carbocycles. The Balaban J connectivity index is 1.36. The van der Waals surface area contributed by atoms with E-state index in [-0.39, 0.29) is 33.5 Å². The van der Waals surface area contributed by atoms with E-state index < -0.39 is 67.0 Å². The number of aliphatic hydroxyl groups is 1. The number of hydrogen-bond donors (Lipinski definition) is 7. The lowest BCUT2D eigenvalue weighted by molar-refractivity contribution is -0.111. The lowest BCUT2D eigenvalue weighted by atomic mass is 9.70. The van der Waals surface area contributed by atoms with Crippen molar-refractivity contribution in [3.8, 4) is 0 Å². The van der Waals surface area contributed by atoms with Gasteiger partial charge in [0.25, 0.3) is 0 Å². The number of benzene rings is 1. The number of aliphatic hydroxyl groups excluding tert-OH is 1. The molecule has 0 bridgehead atoms.